The Morgan fingerprint density at radius 1 is 1.08 bits per heavy atom. The summed E-state index contributed by atoms with van der Waals surface area (Å²) in [5.74, 6) is 0.488. The number of carbonyl (C=O) groups is 1. The first kappa shape index (κ1) is 18.4. The molecule has 1 fully saturated rings. The summed E-state index contributed by atoms with van der Waals surface area (Å²) in [4.78, 5) is 16.6. The molecule has 0 N–H and O–H groups in total. The molecule has 0 radical (unpaired) electrons. The van der Waals surface area contributed by atoms with E-state index in [0.29, 0.717) is 18.7 Å². The molecule has 0 aromatic heterocycles. The highest BCUT2D eigenvalue weighted by Gasteiger charge is 2.22. The van der Waals surface area contributed by atoms with Gasteiger partial charge < -0.3 is 9.64 Å². The molecule has 3 rings (SSSR count). The minimum atomic E-state index is -0.370. The molecule has 0 spiro atoms. The number of aryl methyl sites for hydroxylation is 1. The molecule has 2 aromatic rings. The van der Waals surface area contributed by atoms with Gasteiger partial charge in [0, 0.05) is 31.7 Å². The number of nitrogens with zero attached hydrogens (tertiary/aromatic N) is 2. The summed E-state index contributed by atoms with van der Waals surface area (Å²) in [6, 6.07) is 14.0. The lowest BCUT2D eigenvalue weighted by atomic mass is 10.1. The van der Waals surface area contributed by atoms with Gasteiger partial charge in [-0.2, -0.15) is 0 Å². The Morgan fingerprint density at radius 2 is 1.85 bits per heavy atom. The van der Waals surface area contributed by atoms with Crippen molar-refractivity contribution in [1.29, 1.82) is 0 Å². The van der Waals surface area contributed by atoms with E-state index in [9.17, 15) is 9.18 Å². The van der Waals surface area contributed by atoms with Crippen molar-refractivity contribution in [3.63, 3.8) is 0 Å². The fourth-order valence-electron chi connectivity index (χ4n) is 3.38. The highest BCUT2D eigenvalue weighted by Crippen LogP contribution is 2.19. The van der Waals surface area contributed by atoms with Crippen LogP contribution in [0.5, 0.6) is 5.75 Å². The number of carbonyl (C=O) groups excluding carboxylic acids is 1. The van der Waals surface area contributed by atoms with Crippen molar-refractivity contribution in [3.8, 4) is 5.75 Å². The molecule has 1 aliphatic heterocycles. The average Bonchev–Trinajstić information content (AvgIpc) is 2.68. The zero-order valence-corrected chi connectivity index (χ0v) is 15.2. The Hall–Kier alpha value is -2.40. The maximum atomic E-state index is 13.3. The minimum absolute atomic E-state index is 0.0850. The van der Waals surface area contributed by atoms with Crippen LogP contribution in [0, 0.1) is 5.82 Å². The quantitative estimate of drug-likeness (QED) is 0.797. The Kier molecular flexibility index (Phi) is 6.23. The Bertz CT molecular complexity index is 742. The predicted octanol–water partition coefficient (Wildman–Crippen LogP) is 3.22. The fourth-order valence-corrected chi connectivity index (χ4v) is 3.38. The van der Waals surface area contributed by atoms with Crippen LogP contribution in [0.2, 0.25) is 0 Å². The Labute approximate surface area is 154 Å². The van der Waals surface area contributed by atoms with Gasteiger partial charge in [0.2, 0.25) is 0 Å². The molecule has 1 saturated heterocycles. The molecule has 4 nitrogen and oxygen atoms in total. The lowest BCUT2D eigenvalue weighted by molar-refractivity contribution is 0.0635. The number of para-hydroxylation sites is 1. The Morgan fingerprint density at radius 3 is 2.58 bits per heavy atom. The van der Waals surface area contributed by atoms with Gasteiger partial charge >= 0.3 is 0 Å². The SMILES string of the molecule is COc1ccccc1CCCN1CCN(C(=O)c2cccc(F)c2)CC1. The van der Waals surface area contributed by atoms with Crippen molar-refractivity contribution >= 4 is 5.91 Å². The smallest absolute Gasteiger partial charge is 0.254 e. The van der Waals surface area contributed by atoms with Gasteiger partial charge in [-0.25, -0.2) is 4.39 Å². The molecule has 26 heavy (non-hydrogen) atoms. The second-order valence-corrected chi connectivity index (χ2v) is 6.56. The first-order valence-electron chi connectivity index (χ1n) is 9.06. The van der Waals surface area contributed by atoms with E-state index in [-0.39, 0.29) is 11.7 Å². The molecule has 0 unspecified atom stereocenters. The van der Waals surface area contributed by atoms with Crippen LogP contribution >= 0.6 is 0 Å². The summed E-state index contributed by atoms with van der Waals surface area (Å²) in [5.41, 5.74) is 1.66. The van der Waals surface area contributed by atoms with Crippen molar-refractivity contribution in [2.45, 2.75) is 12.8 Å². The highest BCUT2D eigenvalue weighted by molar-refractivity contribution is 5.94. The number of hydrogen-bond acceptors (Lipinski definition) is 3. The molecule has 138 valence electrons. The third kappa shape index (κ3) is 4.61. The molecular formula is C21H25FN2O2. The molecule has 2 aromatic carbocycles. The number of ether oxygens (including phenoxy) is 1. The second kappa shape index (κ2) is 8.81. The van der Waals surface area contributed by atoms with E-state index in [1.165, 1.54) is 17.7 Å². The zero-order chi connectivity index (χ0) is 18.4. The predicted molar refractivity (Wildman–Crippen MR) is 100 cm³/mol. The maximum absolute atomic E-state index is 13.3. The molecule has 0 aliphatic carbocycles. The first-order chi connectivity index (χ1) is 12.7. The fraction of sp³-hybridized carbons (Fsp3) is 0.381. The number of hydrogen-bond donors (Lipinski definition) is 0. The van der Waals surface area contributed by atoms with Gasteiger partial charge in [-0.15, -0.1) is 0 Å². The third-order valence-corrected chi connectivity index (χ3v) is 4.84. The highest BCUT2D eigenvalue weighted by atomic mass is 19.1. The van der Waals surface area contributed by atoms with Crippen LogP contribution in [0.15, 0.2) is 48.5 Å². The van der Waals surface area contributed by atoms with Crippen molar-refractivity contribution in [3.05, 3.63) is 65.5 Å². The van der Waals surface area contributed by atoms with Crippen LogP contribution in [0.25, 0.3) is 0 Å². The number of piperazine rings is 1. The molecule has 1 amide bonds. The number of amides is 1. The van der Waals surface area contributed by atoms with Gasteiger partial charge in [-0.3, -0.25) is 9.69 Å². The van der Waals surface area contributed by atoms with Crippen LogP contribution in [-0.4, -0.2) is 55.5 Å². The van der Waals surface area contributed by atoms with Gasteiger partial charge in [-0.05, 0) is 49.2 Å². The number of rotatable bonds is 6. The molecule has 1 aliphatic rings. The molecule has 1 heterocycles. The van der Waals surface area contributed by atoms with E-state index in [1.54, 1.807) is 19.2 Å². The zero-order valence-electron chi connectivity index (χ0n) is 15.2. The number of methoxy groups -OCH3 is 1. The topological polar surface area (TPSA) is 32.8 Å². The minimum Gasteiger partial charge on any atom is -0.496 e. The van der Waals surface area contributed by atoms with E-state index in [1.807, 2.05) is 23.1 Å². The summed E-state index contributed by atoms with van der Waals surface area (Å²) in [5, 5.41) is 0. The largest absolute Gasteiger partial charge is 0.496 e. The standard InChI is InChI=1S/C21H25FN2O2/c1-26-20-10-3-2-6-17(20)8-5-11-23-12-14-24(15-13-23)21(25)18-7-4-9-19(22)16-18/h2-4,6-7,9-10,16H,5,8,11-15H2,1H3. The van der Waals surface area contributed by atoms with Gasteiger partial charge in [0.15, 0.2) is 0 Å². The van der Waals surface area contributed by atoms with E-state index >= 15 is 0 Å². The lowest BCUT2D eigenvalue weighted by Gasteiger charge is -2.34. The third-order valence-electron chi connectivity index (χ3n) is 4.84. The summed E-state index contributed by atoms with van der Waals surface area (Å²) in [6.45, 7) is 4.08. The maximum Gasteiger partial charge on any atom is 0.254 e. The van der Waals surface area contributed by atoms with Gasteiger partial charge in [0.1, 0.15) is 11.6 Å². The van der Waals surface area contributed by atoms with E-state index < -0.39 is 0 Å². The second-order valence-electron chi connectivity index (χ2n) is 6.56. The number of halogens is 1. The van der Waals surface area contributed by atoms with E-state index in [2.05, 4.69) is 11.0 Å². The van der Waals surface area contributed by atoms with E-state index in [0.717, 1.165) is 38.2 Å². The van der Waals surface area contributed by atoms with Crippen LogP contribution < -0.4 is 4.74 Å². The normalized spacial score (nSPS) is 15.1. The average molecular weight is 356 g/mol. The molecule has 0 atom stereocenters. The van der Waals surface area contributed by atoms with Crippen molar-refractivity contribution < 1.29 is 13.9 Å². The summed E-state index contributed by atoms with van der Waals surface area (Å²) in [6.07, 6.45) is 2.03. The van der Waals surface area contributed by atoms with Crippen LogP contribution in [0.1, 0.15) is 22.3 Å². The Balaban J connectivity index is 1.44. The summed E-state index contributed by atoms with van der Waals surface area (Å²) in [7, 11) is 1.70. The van der Waals surface area contributed by atoms with E-state index in [4.69, 9.17) is 4.74 Å². The molecular weight excluding hydrogens is 331 g/mol. The van der Waals surface area contributed by atoms with Crippen molar-refractivity contribution in [1.82, 2.24) is 9.80 Å². The molecule has 5 heteroatoms. The number of benzene rings is 2. The lowest BCUT2D eigenvalue weighted by Crippen LogP contribution is -2.48. The van der Waals surface area contributed by atoms with Crippen LogP contribution in [0.3, 0.4) is 0 Å². The van der Waals surface area contributed by atoms with Gasteiger partial charge in [0.25, 0.3) is 5.91 Å². The molecule has 0 saturated carbocycles. The van der Waals surface area contributed by atoms with Gasteiger partial charge in [-0.1, -0.05) is 24.3 Å². The first-order valence-corrected chi connectivity index (χ1v) is 9.06. The van der Waals surface area contributed by atoms with Gasteiger partial charge in [0.05, 0.1) is 7.11 Å². The van der Waals surface area contributed by atoms with Crippen molar-refractivity contribution in [2.24, 2.45) is 0 Å². The monoisotopic (exact) mass is 356 g/mol. The van der Waals surface area contributed by atoms with Crippen LogP contribution in [0.4, 0.5) is 4.39 Å². The van der Waals surface area contributed by atoms with Crippen molar-refractivity contribution in [2.75, 3.05) is 39.8 Å². The molecule has 0 bridgehead atoms. The summed E-state index contributed by atoms with van der Waals surface area (Å²) >= 11 is 0. The summed E-state index contributed by atoms with van der Waals surface area (Å²) < 4.78 is 18.7. The van der Waals surface area contributed by atoms with Crippen LogP contribution in [-0.2, 0) is 6.42 Å².